The van der Waals surface area contributed by atoms with Gasteiger partial charge in [0.25, 0.3) is 0 Å². The quantitative estimate of drug-likeness (QED) is 0.817. The highest BCUT2D eigenvalue weighted by molar-refractivity contribution is 9.10. The van der Waals surface area contributed by atoms with E-state index in [1.54, 1.807) is 0 Å². The molecule has 1 atom stereocenters. The minimum Gasteiger partial charge on any atom is -0.488 e. The van der Waals surface area contributed by atoms with Gasteiger partial charge < -0.3 is 10.5 Å². The first kappa shape index (κ1) is 9.03. The lowest BCUT2D eigenvalue weighted by Gasteiger charge is -2.07. The van der Waals surface area contributed by atoms with Crippen LogP contribution in [-0.4, -0.2) is 12.6 Å². The smallest absolute Gasteiger partial charge is 0.127 e. The van der Waals surface area contributed by atoms with Gasteiger partial charge in [0.15, 0.2) is 0 Å². The highest BCUT2D eigenvalue weighted by Crippen LogP contribution is 2.36. The summed E-state index contributed by atoms with van der Waals surface area (Å²) in [6.45, 7) is 2.64. The Morgan fingerprint density at radius 1 is 1.62 bits per heavy atom. The second-order valence-corrected chi connectivity index (χ2v) is 4.21. The van der Waals surface area contributed by atoms with Crippen LogP contribution in [0.2, 0.25) is 0 Å². The highest BCUT2D eigenvalue weighted by Gasteiger charge is 2.24. The van der Waals surface area contributed by atoms with Gasteiger partial charge in [-0.1, -0.05) is 22.0 Å². The van der Waals surface area contributed by atoms with Crippen LogP contribution in [0.15, 0.2) is 16.6 Å². The van der Waals surface area contributed by atoms with Gasteiger partial charge >= 0.3 is 0 Å². The summed E-state index contributed by atoms with van der Waals surface area (Å²) in [5.74, 6) is 1.02. The van der Waals surface area contributed by atoms with Crippen LogP contribution in [0.25, 0.3) is 0 Å². The Balaban J connectivity index is 2.43. The van der Waals surface area contributed by atoms with Gasteiger partial charge in [-0.05, 0) is 18.6 Å². The zero-order valence-electron chi connectivity index (χ0n) is 7.51. The Kier molecular flexibility index (Phi) is 2.30. The molecule has 2 N–H and O–H groups in total. The summed E-state index contributed by atoms with van der Waals surface area (Å²) in [4.78, 5) is 0. The van der Waals surface area contributed by atoms with E-state index >= 15 is 0 Å². The lowest BCUT2D eigenvalue weighted by molar-refractivity contribution is 0.240. The minimum atomic E-state index is 0.160. The zero-order valence-corrected chi connectivity index (χ0v) is 9.10. The Morgan fingerprint density at radius 3 is 3.00 bits per heavy atom. The van der Waals surface area contributed by atoms with Gasteiger partial charge in [0.1, 0.15) is 11.9 Å². The molecular weight excluding hydrogens is 230 g/mol. The average molecular weight is 242 g/mol. The van der Waals surface area contributed by atoms with Gasteiger partial charge in [-0.2, -0.15) is 0 Å². The van der Waals surface area contributed by atoms with Crippen LogP contribution in [-0.2, 0) is 6.42 Å². The molecule has 0 amide bonds. The molecule has 70 valence electrons. The molecule has 0 radical (unpaired) electrons. The van der Waals surface area contributed by atoms with Crippen LogP contribution in [0.3, 0.4) is 0 Å². The van der Waals surface area contributed by atoms with Crippen LogP contribution in [0.1, 0.15) is 11.1 Å². The van der Waals surface area contributed by atoms with Crippen molar-refractivity contribution in [2.45, 2.75) is 19.4 Å². The Labute approximate surface area is 86.2 Å². The molecule has 0 aliphatic carbocycles. The maximum atomic E-state index is 5.71. The molecule has 2 rings (SSSR count). The summed E-state index contributed by atoms with van der Waals surface area (Å²) >= 11 is 3.52. The van der Waals surface area contributed by atoms with E-state index in [4.69, 9.17) is 10.5 Å². The van der Waals surface area contributed by atoms with Crippen molar-refractivity contribution in [1.29, 1.82) is 0 Å². The van der Waals surface area contributed by atoms with Gasteiger partial charge in [-0.25, -0.2) is 0 Å². The van der Waals surface area contributed by atoms with Crippen molar-refractivity contribution in [2.75, 3.05) is 6.54 Å². The zero-order chi connectivity index (χ0) is 9.42. The fourth-order valence-electron chi connectivity index (χ4n) is 1.64. The number of hydrogen-bond donors (Lipinski definition) is 1. The van der Waals surface area contributed by atoms with Crippen LogP contribution >= 0.6 is 15.9 Å². The molecule has 0 aromatic heterocycles. The monoisotopic (exact) mass is 241 g/mol. The number of fused-ring (bicyclic) bond motifs is 1. The molecular formula is C10H12BrNO. The third kappa shape index (κ3) is 1.46. The molecule has 2 nitrogen and oxygen atoms in total. The van der Waals surface area contributed by atoms with E-state index in [-0.39, 0.29) is 6.10 Å². The Bertz CT molecular complexity index is 307. The fraction of sp³-hybridized carbons (Fsp3) is 0.400. The molecule has 1 aliphatic heterocycles. The number of hydrogen-bond acceptors (Lipinski definition) is 2. The first-order valence-corrected chi connectivity index (χ1v) is 5.16. The van der Waals surface area contributed by atoms with Crippen LogP contribution < -0.4 is 10.5 Å². The largest absolute Gasteiger partial charge is 0.488 e. The van der Waals surface area contributed by atoms with E-state index in [0.29, 0.717) is 6.54 Å². The number of ether oxygens (including phenoxy) is 1. The molecule has 1 aromatic carbocycles. The number of rotatable bonds is 1. The predicted octanol–water partition coefficient (Wildman–Crippen LogP) is 2.02. The van der Waals surface area contributed by atoms with E-state index in [9.17, 15) is 0 Å². The third-order valence-corrected chi connectivity index (χ3v) is 3.12. The number of nitrogens with two attached hydrogens (primary N) is 1. The van der Waals surface area contributed by atoms with Gasteiger partial charge in [0, 0.05) is 23.0 Å². The molecule has 0 saturated carbocycles. The van der Waals surface area contributed by atoms with Crippen molar-refractivity contribution in [3.63, 3.8) is 0 Å². The van der Waals surface area contributed by atoms with Gasteiger partial charge in [0.05, 0.1) is 0 Å². The molecule has 1 aromatic rings. The van der Waals surface area contributed by atoms with Crippen molar-refractivity contribution in [3.8, 4) is 5.75 Å². The first-order valence-electron chi connectivity index (χ1n) is 4.37. The fourth-order valence-corrected chi connectivity index (χ4v) is 2.12. The van der Waals surface area contributed by atoms with Crippen molar-refractivity contribution in [2.24, 2.45) is 5.73 Å². The number of halogens is 1. The lowest BCUT2D eigenvalue weighted by Crippen LogP contribution is -2.24. The molecule has 0 fully saturated rings. The van der Waals surface area contributed by atoms with E-state index < -0.39 is 0 Å². The van der Waals surface area contributed by atoms with Crippen molar-refractivity contribution < 1.29 is 4.74 Å². The summed E-state index contributed by atoms with van der Waals surface area (Å²) in [6, 6.07) is 4.12. The standard InChI is InChI=1S/C10H12BrNO/c1-6-2-3-9(11)8-4-7(5-12)13-10(6)8/h2-3,7H,4-5,12H2,1H3. The van der Waals surface area contributed by atoms with E-state index in [0.717, 1.165) is 16.6 Å². The van der Waals surface area contributed by atoms with E-state index in [2.05, 4.69) is 35.0 Å². The number of benzene rings is 1. The van der Waals surface area contributed by atoms with Crippen molar-refractivity contribution >= 4 is 15.9 Å². The molecule has 1 aliphatic rings. The lowest BCUT2D eigenvalue weighted by atomic mass is 10.1. The SMILES string of the molecule is Cc1ccc(Br)c2c1OC(CN)C2. The van der Waals surface area contributed by atoms with Crippen LogP contribution in [0, 0.1) is 6.92 Å². The first-order chi connectivity index (χ1) is 6.22. The molecule has 0 saturated heterocycles. The summed E-state index contributed by atoms with van der Waals surface area (Å²) in [6.07, 6.45) is 1.08. The predicted molar refractivity (Wildman–Crippen MR) is 56.1 cm³/mol. The maximum absolute atomic E-state index is 5.71. The molecule has 0 bridgehead atoms. The molecule has 0 spiro atoms. The topological polar surface area (TPSA) is 35.2 Å². The third-order valence-electron chi connectivity index (χ3n) is 2.38. The highest BCUT2D eigenvalue weighted by atomic mass is 79.9. The molecule has 1 heterocycles. The van der Waals surface area contributed by atoms with E-state index in [1.807, 2.05) is 0 Å². The molecule has 3 heteroatoms. The number of aryl methyl sites for hydroxylation is 1. The average Bonchev–Trinajstić information content (AvgIpc) is 2.56. The molecule has 1 unspecified atom stereocenters. The minimum absolute atomic E-state index is 0.160. The summed E-state index contributed by atoms with van der Waals surface area (Å²) in [5.41, 5.74) is 8.02. The second kappa shape index (κ2) is 3.31. The van der Waals surface area contributed by atoms with Crippen LogP contribution in [0.5, 0.6) is 5.75 Å². The normalized spacial score (nSPS) is 19.8. The van der Waals surface area contributed by atoms with Crippen molar-refractivity contribution in [1.82, 2.24) is 0 Å². The summed E-state index contributed by atoms with van der Waals surface area (Å²) < 4.78 is 6.84. The second-order valence-electron chi connectivity index (χ2n) is 3.35. The van der Waals surface area contributed by atoms with Gasteiger partial charge in [-0.15, -0.1) is 0 Å². The van der Waals surface area contributed by atoms with E-state index in [1.165, 1.54) is 11.1 Å². The summed E-state index contributed by atoms with van der Waals surface area (Å²) in [7, 11) is 0. The van der Waals surface area contributed by atoms with Gasteiger partial charge in [-0.3, -0.25) is 0 Å². The van der Waals surface area contributed by atoms with Crippen LogP contribution in [0.4, 0.5) is 0 Å². The molecule has 13 heavy (non-hydrogen) atoms. The Morgan fingerprint density at radius 2 is 2.38 bits per heavy atom. The summed E-state index contributed by atoms with van der Waals surface area (Å²) in [5, 5.41) is 0. The maximum Gasteiger partial charge on any atom is 0.127 e. The Hall–Kier alpha value is -0.540. The van der Waals surface area contributed by atoms with Gasteiger partial charge in [0.2, 0.25) is 0 Å². The van der Waals surface area contributed by atoms with Crippen molar-refractivity contribution in [3.05, 3.63) is 27.7 Å².